The third kappa shape index (κ3) is 3.37. The van der Waals surface area contributed by atoms with E-state index in [1.807, 2.05) is 27.7 Å². The standard InChI is InChI=1S/C14H23N3O3/c1-6-14(5,12(19)20)9-16-10-11(18)17(8-7-15-10)13(2,3)4/h7-8H,6,9H2,1-5H3,(H,15,16)(H,19,20). The summed E-state index contributed by atoms with van der Waals surface area (Å²) in [6, 6.07) is 0. The number of anilines is 1. The van der Waals surface area contributed by atoms with Crippen LogP contribution in [0, 0.1) is 5.41 Å². The molecule has 0 bridgehead atoms. The summed E-state index contributed by atoms with van der Waals surface area (Å²) in [4.78, 5) is 27.5. The van der Waals surface area contributed by atoms with Crippen molar-refractivity contribution in [1.29, 1.82) is 0 Å². The van der Waals surface area contributed by atoms with E-state index in [0.29, 0.717) is 6.42 Å². The van der Waals surface area contributed by atoms with Crippen LogP contribution < -0.4 is 10.9 Å². The Labute approximate surface area is 118 Å². The highest BCUT2D eigenvalue weighted by molar-refractivity contribution is 5.74. The number of hydrogen-bond acceptors (Lipinski definition) is 4. The van der Waals surface area contributed by atoms with Gasteiger partial charge in [0.25, 0.3) is 5.56 Å². The minimum atomic E-state index is -0.920. The normalized spacial score (nSPS) is 14.7. The van der Waals surface area contributed by atoms with Crippen molar-refractivity contribution in [2.45, 2.75) is 46.6 Å². The third-order valence-electron chi connectivity index (χ3n) is 3.51. The van der Waals surface area contributed by atoms with Gasteiger partial charge in [-0.15, -0.1) is 0 Å². The van der Waals surface area contributed by atoms with Crippen molar-refractivity contribution in [3.63, 3.8) is 0 Å². The largest absolute Gasteiger partial charge is 0.481 e. The van der Waals surface area contributed by atoms with Gasteiger partial charge in [-0.25, -0.2) is 4.98 Å². The maximum Gasteiger partial charge on any atom is 0.311 e. The fourth-order valence-corrected chi connectivity index (χ4v) is 1.69. The van der Waals surface area contributed by atoms with E-state index in [0.717, 1.165) is 0 Å². The number of nitrogens with one attached hydrogen (secondary N) is 1. The Morgan fingerprint density at radius 2 is 2.00 bits per heavy atom. The lowest BCUT2D eigenvalue weighted by Gasteiger charge is -2.25. The number of nitrogens with zero attached hydrogens (tertiary/aromatic N) is 2. The van der Waals surface area contributed by atoms with E-state index in [1.54, 1.807) is 23.9 Å². The molecule has 0 aliphatic heterocycles. The molecule has 1 aromatic rings. The lowest BCUT2D eigenvalue weighted by Crippen LogP contribution is -2.38. The second kappa shape index (κ2) is 5.64. The Balaban J connectivity index is 3.01. The van der Waals surface area contributed by atoms with Gasteiger partial charge in [0.1, 0.15) is 0 Å². The molecule has 20 heavy (non-hydrogen) atoms. The van der Waals surface area contributed by atoms with Crippen LogP contribution >= 0.6 is 0 Å². The van der Waals surface area contributed by atoms with Gasteiger partial charge < -0.3 is 15.0 Å². The second-order valence-electron chi connectivity index (χ2n) is 6.19. The number of carboxylic acids is 1. The van der Waals surface area contributed by atoms with Gasteiger partial charge in [-0.1, -0.05) is 6.92 Å². The van der Waals surface area contributed by atoms with E-state index in [-0.39, 0.29) is 23.5 Å². The molecule has 1 atom stereocenters. The molecule has 1 heterocycles. The zero-order valence-electron chi connectivity index (χ0n) is 12.7. The minimum Gasteiger partial charge on any atom is -0.481 e. The number of rotatable bonds is 5. The van der Waals surface area contributed by atoms with E-state index in [1.165, 1.54) is 0 Å². The van der Waals surface area contributed by atoms with Crippen molar-refractivity contribution in [2.24, 2.45) is 5.41 Å². The molecule has 0 aromatic carbocycles. The second-order valence-corrected chi connectivity index (χ2v) is 6.19. The van der Waals surface area contributed by atoms with Crippen LogP contribution in [-0.4, -0.2) is 27.2 Å². The third-order valence-corrected chi connectivity index (χ3v) is 3.51. The van der Waals surface area contributed by atoms with Crippen LogP contribution in [0.5, 0.6) is 0 Å². The van der Waals surface area contributed by atoms with E-state index in [4.69, 9.17) is 0 Å². The van der Waals surface area contributed by atoms with Gasteiger partial charge in [-0.05, 0) is 34.1 Å². The molecule has 0 radical (unpaired) electrons. The molecule has 1 aromatic heterocycles. The zero-order chi connectivity index (χ0) is 15.6. The topological polar surface area (TPSA) is 84.2 Å². The smallest absolute Gasteiger partial charge is 0.311 e. The molecule has 0 aliphatic rings. The first-order chi connectivity index (χ1) is 9.12. The molecule has 2 N–H and O–H groups in total. The van der Waals surface area contributed by atoms with Gasteiger partial charge in [-0.3, -0.25) is 9.59 Å². The van der Waals surface area contributed by atoms with Gasteiger partial charge in [-0.2, -0.15) is 0 Å². The summed E-state index contributed by atoms with van der Waals surface area (Å²) in [6.07, 6.45) is 3.64. The molecule has 1 rings (SSSR count). The monoisotopic (exact) mass is 281 g/mol. The average Bonchev–Trinajstić information content (AvgIpc) is 2.35. The summed E-state index contributed by atoms with van der Waals surface area (Å²) < 4.78 is 1.58. The Hall–Kier alpha value is -1.85. The van der Waals surface area contributed by atoms with E-state index < -0.39 is 11.4 Å². The first kappa shape index (κ1) is 16.2. The maximum atomic E-state index is 12.3. The number of carbonyl (C=O) groups is 1. The Bertz CT molecular complexity index is 545. The summed E-state index contributed by atoms with van der Waals surface area (Å²) in [5, 5.41) is 12.1. The van der Waals surface area contributed by atoms with Crippen LogP contribution in [0.15, 0.2) is 17.2 Å². The molecule has 0 amide bonds. The van der Waals surface area contributed by atoms with Crippen molar-refractivity contribution in [3.8, 4) is 0 Å². The molecule has 0 aliphatic carbocycles. The zero-order valence-corrected chi connectivity index (χ0v) is 12.7. The van der Waals surface area contributed by atoms with Gasteiger partial charge in [0.15, 0.2) is 5.82 Å². The first-order valence-corrected chi connectivity index (χ1v) is 6.67. The number of aliphatic carboxylic acids is 1. The van der Waals surface area contributed by atoms with Crippen LogP contribution in [-0.2, 0) is 10.3 Å². The summed E-state index contributed by atoms with van der Waals surface area (Å²) in [6.45, 7) is 9.38. The first-order valence-electron chi connectivity index (χ1n) is 6.67. The Morgan fingerprint density at radius 1 is 1.40 bits per heavy atom. The van der Waals surface area contributed by atoms with Crippen molar-refractivity contribution in [2.75, 3.05) is 11.9 Å². The van der Waals surface area contributed by atoms with Gasteiger partial charge in [0, 0.05) is 24.5 Å². The van der Waals surface area contributed by atoms with Crippen molar-refractivity contribution in [3.05, 3.63) is 22.7 Å². The molecule has 6 nitrogen and oxygen atoms in total. The van der Waals surface area contributed by atoms with Gasteiger partial charge in [0.05, 0.1) is 5.41 Å². The molecule has 0 fully saturated rings. The predicted octanol–water partition coefficient (Wildman–Crippen LogP) is 1.91. The van der Waals surface area contributed by atoms with E-state index in [9.17, 15) is 14.7 Å². The van der Waals surface area contributed by atoms with Crippen molar-refractivity contribution >= 4 is 11.8 Å². The van der Waals surface area contributed by atoms with Gasteiger partial charge >= 0.3 is 5.97 Å². The lowest BCUT2D eigenvalue weighted by molar-refractivity contribution is -0.147. The van der Waals surface area contributed by atoms with Crippen LogP contribution in [0.1, 0.15) is 41.0 Å². The molecule has 0 spiro atoms. The van der Waals surface area contributed by atoms with Gasteiger partial charge in [0.2, 0.25) is 0 Å². The van der Waals surface area contributed by atoms with Crippen LogP contribution in [0.2, 0.25) is 0 Å². The number of hydrogen-bond donors (Lipinski definition) is 2. The molecular formula is C14H23N3O3. The Kier molecular flexibility index (Phi) is 4.57. The fourth-order valence-electron chi connectivity index (χ4n) is 1.69. The van der Waals surface area contributed by atoms with Crippen molar-refractivity contribution in [1.82, 2.24) is 9.55 Å². The minimum absolute atomic E-state index is 0.162. The molecule has 112 valence electrons. The predicted molar refractivity (Wildman–Crippen MR) is 78.0 cm³/mol. The summed E-state index contributed by atoms with van der Waals surface area (Å²) in [5.74, 6) is -0.706. The van der Waals surface area contributed by atoms with Crippen LogP contribution in [0.3, 0.4) is 0 Å². The average molecular weight is 281 g/mol. The molecule has 1 unspecified atom stereocenters. The quantitative estimate of drug-likeness (QED) is 0.861. The number of aromatic nitrogens is 2. The van der Waals surface area contributed by atoms with Crippen LogP contribution in [0.25, 0.3) is 0 Å². The molecular weight excluding hydrogens is 258 g/mol. The summed E-state index contributed by atoms with van der Waals surface area (Å²) in [5.41, 5.74) is -1.52. The maximum absolute atomic E-state index is 12.3. The number of carboxylic acid groups (broad SMARTS) is 1. The highest BCUT2D eigenvalue weighted by Gasteiger charge is 2.31. The van der Waals surface area contributed by atoms with E-state index >= 15 is 0 Å². The highest BCUT2D eigenvalue weighted by Crippen LogP contribution is 2.21. The summed E-state index contributed by atoms with van der Waals surface area (Å²) >= 11 is 0. The lowest BCUT2D eigenvalue weighted by atomic mass is 9.88. The van der Waals surface area contributed by atoms with Crippen molar-refractivity contribution < 1.29 is 9.90 Å². The highest BCUT2D eigenvalue weighted by atomic mass is 16.4. The Morgan fingerprint density at radius 3 is 2.45 bits per heavy atom. The molecule has 6 heteroatoms. The SMILES string of the molecule is CCC(C)(CNc1nccn(C(C)(C)C)c1=O)C(=O)O. The van der Waals surface area contributed by atoms with Crippen LogP contribution in [0.4, 0.5) is 5.82 Å². The fraction of sp³-hybridized carbons (Fsp3) is 0.643. The molecule has 0 saturated carbocycles. The molecule has 0 saturated heterocycles. The summed E-state index contributed by atoms with van der Waals surface area (Å²) in [7, 11) is 0. The van der Waals surface area contributed by atoms with E-state index in [2.05, 4.69) is 10.3 Å².